The minimum Gasteiger partial charge on any atom is -0.345 e. The minimum absolute atomic E-state index is 0.418. The highest BCUT2D eigenvalue weighted by Crippen LogP contribution is 2.09. The lowest BCUT2D eigenvalue weighted by atomic mass is 10.1. The number of likely N-dealkylation sites (tertiary alicyclic amines) is 1. The number of aliphatic imine (C=N–C) groups is 1. The third-order valence-corrected chi connectivity index (χ3v) is 2.77. The van der Waals surface area contributed by atoms with E-state index in [1.807, 2.05) is 12.3 Å². The van der Waals surface area contributed by atoms with Crippen LogP contribution in [0.2, 0.25) is 0 Å². The molecule has 0 aliphatic carbocycles. The van der Waals surface area contributed by atoms with Crippen molar-refractivity contribution in [2.75, 3.05) is 26.4 Å². The number of nitrogens with two attached hydrogens (primary N) is 1. The molecule has 0 atom stereocenters. The van der Waals surface area contributed by atoms with E-state index in [-0.39, 0.29) is 0 Å². The molecule has 0 aromatic heterocycles. The topological polar surface area (TPSA) is 44.9 Å². The molecule has 0 aromatic rings. The second-order valence-electron chi connectivity index (χ2n) is 4.00. The van der Waals surface area contributed by atoms with Crippen molar-refractivity contribution in [3.05, 3.63) is 12.3 Å². The van der Waals surface area contributed by atoms with Gasteiger partial charge in [0.2, 0.25) is 0 Å². The number of hydrogen-bond acceptors (Lipinski definition) is 4. The Morgan fingerprint density at radius 3 is 2.79 bits per heavy atom. The van der Waals surface area contributed by atoms with Gasteiger partial charge in [0.15, 0.2) is 0 Å². The van der Waals surface area contributed by atoms with Crippen LogP contribution in [0.25, 0.3) is 0 Å². The minimum atomic E-state index is 0.418. The first-order chi connectivity index (χ1) is 6.84. The van der Waals surface area contributed by atoms with Gasteiger partial charge in [-0.3, -0.25) is 9.89 Å². The molecule has 78 valence electrons. The number of rotatable bonds is 2. The van der Waals surface area contributed by atoms with E-state index >= 15 is 0 Å². The Labute approximate surface area is 85.1 Å². The summed E-state index contributed by atoms with van der Waals surface area (Å²) < 4.78 is 0. The smallest absolute Gasteiger partial charge is 0.110 e. The van der Waals surface area contributed by atoms with E-state index in [1.54, 1.807) is 0 Å². The van der Waals surface area contributed by atoms with Gasteiger partial charge < -0.3 is 10.6 Å². The van der Waals surface area contributed by atoms with Gasteiger partial charge in [0.1, 0.15) is 6.67 Å². The molecule has 0 amide bonds. The second kappa shape index (κ2) is 4.57. The lowest BCUT2D eigenvalue weighted by molar-refractivity contribution is 0.140. The van der Waals surface area contributed by atoms with Gasteiger partial charge in [-0.05, 0) is 18.9 Å². The molecule has 2 aliphatic rings. The normalized spacial score (nSPS) is 24.5. The predicted octanol–water partition coefficient (Wildman–Crippen LogP) is 0.225. The van der Waals surface area contributed by atoms with Crippen LogP contribution in [0.4, 0.5) is 0 Å². The van der Waals surface area contributed by atoms with Gasteiger partial charge >= 0.3 is 0 Å². The highest BCUT2D eigenvalue weighted by Gasteiger charge is 2.17. The van der Waals surface area contributed by atoms with E-state index in [9.17, 15) is 0 Å². The molecule has 2 heterocycles. The standard InChI is InChI=1S/C10H18N4/c11-10-2-6-13(7-3-10)9-14-5-1-4-12-8-14/h1,4-5,10H,2-3,6-9,11H2. The molecule has 0 unspecified atom stereocenters. The first-order valence-electron chi connectivity index (χ1n) is 5.23. The van der Waals surface area contributed by atoms with Crippen LogP contribution < -0.4 is 5.73 Å². The summed E-state index contributed by atoms with van der Waals surface area (Å²) in [4.78, 5) is 8.86. The van der Waals surface area contributed by atoms with Gasteiger partial charge in [0.05, 0.1) is 6.67 Å². The molecule has 4 nitrogen and oxygen atoms in total. The molecular weight excluding hydrogens is 176 g/mol. The van der Waals surface area contributed by atoms with E-state index in [4.69, 9.17) is 5.73 Å². The van der Waals surface area contributed by atoms with Crippen molar-refractivity contribution in [3.63, 3.8) is 0 Å². The quantitative estimate of drug-likeness (QED) is 0.684. The van der Waals surface area contributed by atoms with Crippen LogP contribution >= 0.6 is 0 Å². The van der Waals surface area contributed by atoms with Crippen LogP contribution in [0, 0.1) is 0 Å². The highest BCUT2D eigenvalue weighted by molar-refractivity contribution is 5.71. The molecule has 0 radical (unpaired) electrons. The molecule has 1 saturated heterocycles. The van der Waals surface area contributed by atoms with Crippen molar-refractivity contribution >= 4 is 6.21 Å². The number of allylic oxidation sites excluding steroid dienone is 1. The fraction of sp³-hybridized carbons (Fsp3) is 0.700. The lowest BCUT2D eigenvalue weighted by Gasteiger charge is -2.34. The Morgan fingerprint density at radius 1 is 1.36 bits per heavy atom. The van der Waals surface area contributed by atoms with Crippen molar-refractivity contribution < 1.29 is 0 Å². The monoisotopic (exact) mass is 194 g/mol. The average Bonchev–Trinajstić information content (AvgIpc) is 2.23. The lowest BCUT2D eigenvalue weighted by Crippen LogP contribution is -2.44. The van der Waals surface area contributed by atoms with Crippen LogP contribution in [-0.4, -0.2) is 48.5 Å². The van der Waals surface area contributed by atoms with Gasteiger partial charge in [0, 0.05) is 31.5 Å². The number of hydrogen-bond donors (Lipinski definition) is 1. The zero-order chi connectivity index (χ0) is 9.80. The summed E-state index contributed by atoms with van der Waals surface area (Å²) in [6, 6.07) is 0.418. The van der Waals surface area contributed by atoms with E-state index in [2.05, 4.69) is 21.0 Å². The van der Waals surface area contributed by atoms with Crippen molar-refractivity contribution in [1.82, 2.24) is 9.80 Å². The van der Waals surface area contributed by atoms with E-state index in [0.29, 0.717) is 6.04 Å². The molecule has 0 spiro atoms. The first kappa shape index (κ1) is 9.68. The van der Waals surface area contributed by atoms with Gasteiger partial charge in [-0.2, -0.15) is 0 Å². The summed E-state index contributed by atoms with van der Waals surface area (Å²) in [7, 11) is 0. The molecule has 0 aromatic carbocycles. The predicted molar refractivity (Wildman–Crippen MR) is 58.0 cm³/mol. The number of nitrogens with zero attached hydrogens (tertiary/aromatic N) is 3. The maximum Gasteiger partial charge on any atom is 0.110 e. The molecule has 0 bridgehead atoms. The van der Waals surface area contributed by atoms with Crippen molar-refractivity contribution in [2.45, 2.75) is 18.9 Å². The van der Waals surface area contributed by atoms with Crippen molar-refractivity contribution in [3.8, 4) is 0 Å². The largest absolute Gasteiger partial charge is 0.345 e. The molecule has 14 heavy (non-hydrogen) atoms. The molecule has 0 saturated carbocycles. The van der Waals surface area contributed by atoms with Crippen LogP contribution in [-0.2, 0) is 0 Å². The fourth-order valence-corrected chi connectivity index (χ4v) is 1.86. The molecule has 2 N–H and O–H groups in total. The summed E-state index contributed by atoms with van der Waals surface area (Å²) in [6.07, 6.45) is 8.19. The molecular formula is C10H18N4. The summed E-state index contributed by atoms with van der Waals surface area (Å²) >= 11 is 0. The third-order valence-electron chi connectivity index (χ3n) is 2.77. The number of piperidine rings is 1. The van der Waals surface area contributed by atoms with E-state index in [0.717, 1.165) is 39.3 Å². The molecule has 1 fully saturated rings. The summed E-state index contributed by atoms with van der Waals surface area (Å²) in [5.74, 6) is 0. The molecule has 2 aliphatic heterocycles. The summed E-state index contributed by atoms with van der Waals surface area (Å²) in [6.45, 7) is 4.02. The first-order valence-corrected chi connectivity index (χ1v) is 5.23. The van der Waals surface area contributed by atoms with Crippen molar-refractivity contribution in [1.29, 1.82) is 0 Å². The van der Waals surface area contributed by atoms with Gasteiger partial charge in [-0.25, -0.2) is 0 Å². The summed E-state index contributed by atoms with van der Waals surface area (Å²) in [5.41, 5.74) is 5.85. The maximum atomic E-state index is 5.85. The van der Waals surface area contributed by atoms with Gasteiger partial charge in [-0.1, -0.05) is 0 Å². The third kappa shape index (κ3) is 2.56. The Hall–Kier alpha value is -0.870. The van der Waals surface area contributed by atoms with Crippen LogP contribution in [0.3, 0.4) is 0 Å². The van der Waals surface area contributed by atoms with Crippen LogP contribution in [0.5, 0.6) is 0 Å². The summed E-state index contributed by atoms with van der Waals surface area (Å²) in [5, 5.41) is 0. The zero-order valence-corrected chi connectivity index (χ0v) is 8.47. The second-order valence-corrected chi connectivity index (χ2v) is 4.00. The Bertz CT molecular complexity index is 228. The van der Waals surface area contributed by atoms with Gasteiger partial charge in [-0.15, -0.1) is 0 Å². The Kier molecular flexibility index (Phi) is 3.16. The fourth-order valence-electron chi connectivity index (χ4n) is 1.86. The van der Waals surface area contributed by atoms with Crippen LogP contribution in [0.15, 0.2) is 17.3 Å². The van der Waals surface area contributed by atoms with Crippen molar-refractivity contribution in [2.24, 2.45) is 10.7 Å². The van der Waals surface area contributed by atoms with E-state index < -0.39 is 0 Å². The van der Waals surface area contributed by atoms with Gasteiger partial charge in [0.25, 0.3) is 0 Å². The highest BCUT2D eigenvalue weighted by atomic mass is 15.3. The zero-order valence-electron chi connectivity index (χ0n) is 8.47. The molecule has 4 heteroatoms. The maximum absolute atomic E-state index is 5.85. The van der Waals surface area contributed by atoms with E-state index in [1.165, 1.54) is 0 Å². The Balaban J connectivity index is 1.75. The SMILES string of the molecule is NC1CCN(CN2C=CC=NC2)CC1. The Morgan fingerprint density at radius 2 is 2.14 bits per heavy atom. The average molecular weight is 194 g/mol. The van der Waals surface area contributed by atoms with Crippen LogP contribution in [0.1, 0.15) is 12.8 Å². The molecule has 2 rings (SSSR count).